The van der Waals surface area contributed by atoms with E-state index in [0.717, 1.165) is 6.26 Å². The van der Waals surface area contributed by atoms with Gasteiger partial charge in [0, 0.05) is 49.3 Å². The first-order chi connectivity index (χ1) is 15.4. The maximum atomic E-state index is 12.6. The van der Waals surface area contributed by atoms with Crippen molar-refractivity contribution in [2.75, 3.05) is 32.4 Å². The number of carbonyl (C=O) groups is 2. The Morgan fingerprint density at radius 2 is 2.06 bits per heavy atom. The number of alkyl halides is 2. The average Bonchev–Trinajstić information content (AvgIpc) is 3.23. The number of rotatable bonds is 7. The standard InChI is InChI=1S/C21H24F2N4O5S/c1-21(19(28)24-30,33(2,31)32)7-8-26-13-17-9-15(12-27(17)20(26)29)5-3-4-6-16-10-25(11-16)14-18(22)23/h9,12,16,18,30H,7-8,10-11,13-14H2,1-2H3,(H,24,28)/t21-/m1/s1. The lowest BCUT2D eigenvalue weighted by atomic mass is 10.0. The predicted molar refractivity (Wildman–Crippen MR) is 114 cm³/mol. The molecule has 0 aromatic carbocycles. The maximum Gasteiger partial charge on any atom is 0.328 e. The van der Waals surface area contributed by atoms with Crippen molar-refractivity contribution in [3.05, 3.63) is 23.5 Å². The molecular weight excluding hydrogens is 458 g/mol. The van der Waals surface area contributed by atoms with Gasteiger partial charge in [-0.1, -0.05) is 11.8 Å². The molecule has 0 bridgehead atoms. The van der Waals surface area contributed by atoms with E-state index in [0.29, 0.717) is 24.3 Å². The van der Waals surface area contributed by atoms with Crippen molar-refractivity contribution in [1.82, 2.24) is 19.8 Å². The van der Waals surface area contributed by atoms with E-state index >= 15 is 0 Å². The highest BCUT2D eigenvalue weighted by atomic mass is 32.2. The Balaban J connectivity index is 1.57. The summed E-state index contributed by atoms with van der Waals surface area (Å²) in [5.74, 6) is 10.2. The topological polar surface area (TPSA) is 112 Å². The summed E-state index contributed by atoms with van der Waals surface area (Å²) in [6.45, 7) is 2.17. The van der Waals surface area contributed by atoms with E-state index in [4.69, 9.17) is 5.21 Å². The molecule has 33 heavy (non-hydrogen) atoms. The number of likely N-dealkylation sites (tertiary alicyclic amines) is 1. The van der Waals surface area contributed by atoms with E-state index in [1.807, 2.05) is 0 Å². The number of hydrogen-bond donors (Lipinski definition) is 2. The number of halogens is 2. The zero-order valence-electron chi connectivity index (χ0n) is 18.1. The first kappa shape index (κ1) is 24.7. The summed E-state index contributed by atoms with van der Waals surface area (Å²) in [5, 5.41) is 8.90. The Labute approximate surface area is 190 Å². The predicted octanol–water partition coefficient (Wildman–Crippen LogP) is 0.522. The van der Waals surface area contributed by atoms with Crippen molar-refractivity contribution in [1.29, 1.82) is 0 Å². The molecule has 3 rings (SSSR count). The molecule has 0 aliphatic carbocycles. The lowest BCUT2D eigenvalue weighted by Gasteiger charge is -2.35. The molecule has 2 amide bonds. The molecular formula is C21H24F2N4O5S. The third-order valence-electron chi connectivity index (χ3n) is 5.89. The van der Waals surface area contributed by atoms with Crippen LogP contribution in [-0.2, 0) is 21.2 Å². The molecule has 1 fully saturated rings. The number of carbonyl (C=O) groups excluding carboxylic acids is 2. The molecule has 178 valence electrons. The van der Waals surface area contributed by atoms with Gasteiger partial charge in [0.25, 0.3) is 12.3 Å². The van der Waals surface area contributed by atoms with Crippen molar-refractivity contribution in [3.63, 3.8) is 0 Å². The Bertz CT molecular complexity index is 1170. The molecule has 12 heteroatoms. The van der Waals surface area contributed by atoms with Crippen LogP contribution in [0.4, 0.5) is 13.6 Å². The van der Waals surface area contributed by atoms with E-state index in [1.165, 1.54) is 21.9 Å². The number of nitrogens with zero attached hydrogens (tertiary/aromatic N) is 3. The van der Waals surface area contributed by atoms with Gasteiger partial charge in [-0.2, -0.15) is 0 Å². The third kappa shape index (κ3) is 5.36. The molecule has 1 aromatic heterocycles. The molecule has 2 aliphatic heterocycles. The molecule has 0 radical (unpaired) electrons. The molecule has 0 spiro atoms. The smallest absolute Gasteiger partial charge is 0.318 e. The second kappa shape index (κ2) is 9.51. The van der Waals surface area contributed by atoms with Gasteiger partial charge in [-0.3, -0.25) is 19.5 Å². The van der Waals surface area contributed by atoms with E-state index in [-0.39, 0.29) is 38.0 Å². The van der Waals surface area contributed by atoms with Crippen molar-refractivity contribution >= 4 is 21.8 Å². The molecule has 1 atom stereocenters. The van der Waals surface area contributed by atoms with Crippen molar-refractivity contribution in [2.45, 2.75) is 31.1 Å². The van der Waals surface area contributed by atoms with Gasteiger partial charge in [0.2, 0.25) is 0 Å². The van der Waals surface area contributed by atoms with Crippen LogP contribution in [0.2, 0.25) is 0 Å². The van der Waals surface area contributed by atoms with Crippen molar-refractivity contribution in [2.24, 2.45) is 5.92 Å². The highest BCUT2D eigenvalue weighted by Crippen LogP contribution is 2.25. The number of nitrogens with one attached hydrogen (secondary N) is 1. The Morgan fingerprint density at radius 3 is 2.64 bits per heavy atom. The Hall–Kier alpha value is -2.93. The molecule has 1 saturated heterocycles. The van der Waals surface area contributed by atoms with Crippen LogP contribution in [0.5, 0.6) is 0 Å². The van der Waals surface area contributed by atoms with Crippen molar-refractivity contribution < 1.29 is 32.0 Å². The van der Waals surface area contributed by atoms with Gasteiger partial charge in [0.15, 0.2) is 14.6 Å². The van der Waals surface area contributed by atoms with Crippen LogP contribution in [0.25, 0.3) is 0 Å². The van der Waals surface area contributed by atoms with Gasteiger partial charge in [-0.25, -0.2) is 27.5 Å². The Morgan fingerprint density at radius 1 is 1.36 bits per heavy atom. The highest BCUT2D eigenvalue weighted by Gasteiger charge is 2.44. The summed E-state index contributed by atoms with van der Waals surface area (Å²) >= 11 is 0. The van der Waals surface area contributed by atoms with E-state index in [2.05, 4.69) is 23.7 Å². The molecule has 9 nitrogen and oxygen atoms in total. The summed E-state index contributed by atoms with van der Waals surface area (Å²) in [6, 6.07) is 1.34. The van der Waals surface area contributed by atoms with Crippen LogP contribution in [0, 0.1) is 29.6 Å². The Kier molecular flexibility index (Phi) is 7.12. The van der Waals surface area contributed by atoms with Crippen LogP contribution >= 0.6 is 0 Å². The minimum atomic E-state index is -3.86. The summed E-state index contributed by atoms with van der Waals surface area (Å²) in [4.78, 5) is 27.6. The number of hydrogen-bond acceptors (Lipinski definition) is 6. The average molecular weight is 483 g/mol. The van der Waals surface area contributed by atoms with Gasteiger partial charge >= 0.3 is 6.03 Å². The lowest BCUT2D eigenvalue weighted by Crippen LogP contribution is -2.50. The minimum Gasteiger partial charge on any atom is -0.318 e. The van der Waals surface area contributed by atoms with E-state index < -0.39 is 26.9 Å². The van der Waals surface area contributed by atoms with Gasteiger partial charge in [-0.05, 0) is 31.3 Å². The van der Waals surface area contributed by atoms with Gasteiger partial charge in [0.05, 0.1) is 13.1 Å². The first-order valence-electron chi connectivity index (χ1n) is 10.1. The number of hydroxylamine groups is 1. The van der Waals surface area contributed by atoms with Crippen LogP contribution < -0.4 is 5.48 Å². The number of fused-ring (bicyclic) bond motifs is 1. The van der Waals surface area contributed by atoms with Crippen molar-refractivity contribution in [3.8, 4) is 23.7 Å². The monoisotopic (exact) mass is 482 g/mol. The lowest BCUT2D eigenvalue weighted by molar-refractivity contribution is -0.131. The second-order valence-corrected chi connectivity index (χ2v) is 10.8. The van der Waals surface area contributed by atoms with E-state index in [9.17, 15) is 26.8 Å². The van der Waals surface area contributed by atoms with E-state index in [1.54, 1.807) is 17.2 Å². The zero-order valence-corrected chi connectivity index (χ0v) is 19.0. The number of sulfone groups is 1. The summed E-state index contributed by atoms with van der Waals surface area (Å²) in [6.07, 6.45) is -0.0858. The number of aromatic nitrogens is 1. The fourth-order valence-electron chi connectivity index (χ4n) is 3.65. The van der Waals surface area contributed by atoms with Crippen LogP contribution in [0.15, 0.2) is 12.3 Å². The molecule has 2 N–H and O–H groups in total. The van der Waals surface area contributed by atoms with Crippen LogP contribution in [0.3, 0.4) is 0 Å². The van der Waals surface area contributed by atoms with Gasteiger partial charge < -0.3 is 4.90 Å². The molecule has 0 saturated carbocycles. The van der Waals surface area contributed by atoms with Gasteiger partial charge in [-0.15, -0.1) is 0 Å². The van der Waals surface area contributed by atoms with Crippen LogP contribution in [-0.4, -0.2) is 83.5 Å². The van der Waals surface area contributed by atoms with Crippen LogP contribution in [0.1, 0.15) is 24.6 Å². The maximum absolute atomic E-state index is 12.6. The quantitative estimate of drug-likeness (QED) is 0.333. The normalized spacial score (nSPS) is 18.0. The molecule has 1 aromatic rings. The molecule has 0 unspecified atom stereocenters. The zero-order chi connectivity index (χ0) is 24.4. The SMILES string of the molecule is C[C@@](CCN1Cc2cc(C#CC#CC3CN(CC(F)F)C3)cn2C1=O)(C(=O)NO)S(C)(=O)=O. The second-order valence-electron chi connectivity index (χ2n) is 8.31. The highest BCUT2D eigenvalue weighted by molar-refractivity contribution is 7.92. The number of amides is 2. The summed E-state index contributed by atoms with van der Waals surface area (Å²) < 4.78 is 48.2. The minimum absolute atomic E-state index is 0.00600. The summed E-state index contributed by atoms with van der Waals surface area (Å²) in [7, 11) is -3.86. The fourth-order valence-corrected chi connectivity index (χ4v) is 4.49. The summed E-state index contributed by atoms with van der Waals surface area (Å²) in [5.41, 5.74) is 2.62. The molecule has 3 heterocycles. The first-order valence-corrected chi connectivity index (χ1v) is 12.0. The third-order valence-corrected chi connectivity index (χ3v) is 7.91. The fraction of sp³-hybridized carbons (Fsp3) is 0.524. The largest absolute Gasteiger partial charge is 0.328 e. The molecule has 2 aliphatic rings. The van der Waals surface area contributed by atoms with Gasteiger partial charge in [0.1, 0.15) is 0 Å².